The topological polar surface area (TPSA) is 26.0 Å². The molecule has 0 spiro atoms. The molecule has 15 heavy (non-hydrogen) atoms. The number of aryl methyl sites for hydroxylation is 1. The Morgan fingerprint density at radius 3 is 2.53 bits per heavy atom. The van der Waals surface area contributed by atoms with Crippen LogP contribution in [0, 0.1) is 6.92 Å². The monoisotopic (exact) mass is 283 g/mol. The second-order valence-electron chi connectivity index (χ2n) is 4.82. The summed E-state index contributed by atoms with van der Waals surface area (Å²) in [5, 5.41) is 1.11. The Kier molecular flexibility index (Phi) is 2.51. The number of pyridine rings is 1. The molecule has 0 unspecified atom stereocenters. The zero-order valence-electron chi connectivity index (χ0n) is 9.39. The van der Waals surface area contributed by atoms with Crippen molar-refractivity contribution in [3.05, 3.63) is 22.3 Å². The molecule has 0 radical (unpaired) electrons. The summed E-state index contributed by atoms with van der Waals surface area (Å²) >= 11 is 3.51. The van der Waals surface area contributed by atoms with Crippen molar-refractivity contribution in [2.24, 2.45) is 0 Å². The fourth-order valence-electron chi connectivity index (χ4n) is 1.48. The lowest BCUT2D eigenvalue weighted by atomic mass is 10.3. The first-order chi connectivity index (χ1) is 6.88. The van der Waals surface area contributed by atoms with Gasteiger partial charge >= 0.3 is 0 Å². The van der Waals surface area contributed by atoms with Crippen LogP contribution in [0.5, 0.6) is 0 Å². The van der Waals surface area contributed by atoms with Gasteiger partial charge in [0, 0.05) is 11.8 Å². The van der Waals surface area contributed by atoms with Crippen LogP contribution < -0.4 is 5.38 Å². The summed E-state index contributed by atoms with van der Waals surface area (Å²) in [6.45, 7) is 8.80. The Morgan fingerprint density at radius 2 is 1.93 bits per heavy atom. The summed E-state index contributed by atoms with van der Waals surface area (Å²) in [6.07, 6.45) is 0. The summed E-state index contributed by atoms with van der Waals surface area (Å²) in [5.74, 6) is 0. The van der Waals surface area contributed by atoms with Gasteiger partial charge in [-0.1, -0.05) is 19.6 Å². The van der Waals surface area contributed by atoms with E-state index in [1.54, 1.807) is 0 Å². The van der Waals surface area contributed by atoms with E-state index in [1.807, 2.05) is 13.0 Å². The quantitative estimate of drug-likeness (QED) is 0.750. The highest BCUT2D eigenvalue weighted by atomic mass is 79.9. The zero-order valence-corrected chi connectivity index (χ0v) is 12.0. The van der Waals surface area contributed by atoms with Crippen LogP contribution in [0.2, 0.25) is 19.6 Å². The summed E-state index contributed by atoms with van der Waals surface area (Å²) < 4.78 is 6.87. The van der Waals surface area contributed by atoms with Crippen LogP contribution in [-0.4, -0.2) is 13.1 Å². The number of aromatic nitrogens is 1. The van der Waals surface area contributed by atoms with Gasteiger partial charge in [0.2, 0.25) is 0 Å². The molecule has 2 aromatic rings. The Balaban J connectivity index is 2.71. The normalized spacial score (nSPS) is 12.3. The van der Waals surface area contributed by atoms with Crippen LogP contribution in [0.25, 0.3) is 11.1 Å². The minimum Gasteiger partial charge on any atom is -0.463 e. The molecule has 0 saturated carbocycles. The van der Waals surface area contributed by atoms with Crippen molar-refractivity contribution in [3.63, 3.8) is 0 Å². The number of rotatable bonds is 1. The third kappa shape index (κ3) is 2.01. The van der Waals surface area contributed by atoms with E-state index >= 15 is 0 Å². The second-order valence-corrected chi connectivity index (χ2v) is 10.7. The molecule has 2 aromatic heterocycles. The van der Waals surface area contributed by atoms with Crippen LogP contribution in [0.15, 0.2) is 21.0 Å². The fraction of sp³-hybridized carbons (Fsp3) is 0.364. The molecule has 0 atom stereocenters. The van der Waals surface area contributed by atoms with E-state index in [0.29, 0.717) is 0 Å². The van der Waals surface area contributed by atoms with Gasteiger partial charge in [0.05, 0.1) is 9.86 Å². The van der Waals surface area contributed by atoms with E-state index in [0.717, 1.165) is 26.6 Å². The van der Waals surface area contributed by atoms with Gasteiger partial charge in [-0.25, -0.2) is 4.98 Å². The number of fused-ring (bicyclic) bond motifs is 1. The van der Waals surface area contributed by atoms with Crippen molar-refractivity contribution in [2.45, 2.75) is 26.6 Å². The summed E-state index contributed by atoms with van der Waals surface area (Å²) in [5.41, 5.74) is 2.84. The summed E-state index contributed by atoms with van der Waals surface area (Å²) in [6, 6.07) is 4.07. The average Bonchev–Trinajstić information content (AvgIpc) is 2.46. The molecule has 80 valence electrons. The lowest BCUT2D eigenvalue weighted by molar-refractivity contribution is 0.645. The molecule has 0 aliphatic heterocycles. The molecule has 2 nitrogen and oxygen atoms in total. The van der Waals surface area contributed by atoms with Crippen molar-refractivity contribution in [1.29, 1.82) is 0 Å². The first-order valence-corrected chi connectivity index (χ1v) is 9.24. The Labute approximate surface area is 98.8 Å². The van der Waals surface area contributed by atoms with Gasteiger partial charge in [-0.15, -0.1) is 0 Å². The van der Waals surface area contributed by atoms with Crippen molar-refractivity contribution in [2.75, 3.05) is 0 Å². The van der Waals surface area contributed by atoms with Gasteiger partial charge in [0.15, 0.2) is 5.58 Å². The maximum absolute atomic E-state index is 5.87. The Hall–Kier alpha value is -0.613. The number of hydrogen-bond acceptors (Lipinski definition) is 2. The molecule has 0 fully saturated rings. The van der Waals surface area contributed by atoms with Crippen molar-refractivity contribution in [3.8, 4) is 0 Å². The van der Waals surface area contributed by atoms with Crippen LogP contribution >= 0.6 is 15.9 Å². The highest BCUT2D eigenvalue weighted by Gasteiger charge is 2.22. The molecular weight excluding hydrogens is 270 g/mol. The van der Waals surface area contributed by atoms with Gasteiger partial charge in [0.1, 0.15) is 13.6 Å². The maximum atomic E-state index is 5.87. The van der Waals surface area contributed by atoms with Gasteiger partial charge in [-0.05, 0) is 28.9 Å². The van der Waals surface area contributed by atoms with Crippen molar-refractivity contribution in [1.82, 2.24) is 4.98 Å². The van der Waals surface area contributed by atoms with Crippen LogP contribution in [0.1, 0.15) is 5.69 Å². The van der Waals surface area contributed by atoms with E-state index in [9.17, 15) is 0 Å². The fourth-order valence-corrected chi connectivity index (χ4v) is 3.07. The van der Waals surface area contributed by atoms with Gasteiger partial charge in [0.25, 0.3) is 0 Å². The van der Waals surface area contributed by atoms with E-state index in [1.165, 1.54) is 0 Å². The molecule has 2 rings (SSSR count). The highest BCUT2D eigenvalue weighted by molar-refractivity contribution is 9.10. The van der Waals surface area contributed by atoms with E-state index < -0.39 is 8.07 Å². The molecule has 4 heteroatoms. The van der Waals surface area contributed by atoms with Crippen molar-refractivity contribution >= 4 is 40.5 Å². The predicted octanol–water partition coefficient (Wildman–Crippen LogP) is 3.44. The summed E-state index contributed by atoms with van der Waals surface area (Å²) in [4.78, 5) is 4.47. The molecule has 0 amide bonds. The highest BCUT2D eigenvalue weighted by Crippen LogP contribution is 2.24. The molecule has 0 bridgehead atoms. The maximum Gasteiger partial charge on any atom is 0.166 e. The van der Waals surface area contributed by atoms with E-state index in [4.69, 9.17) is 4.42 Å². The molecule has 2 heterocycles. The SMILES string of the molecule is Cc1cc(Br)c2oc([Si](C)(C)C)cc2n1. The Morgan fingerprint density at radius 1 is 1.27 bits per heavy atom. The third-order valence-corrected chi connectivity index (χ3v) is 4.61. The number of nitrogens with zero attached hydrogens (tertiary/aromatic N) is 1. The lowest BCUT2D eigenvalue weighted by Gasteiger charge is -2.10. The number of halogens is 1. The summed E-state index contributed by atoms with van der Waals surface area (Å²) in [7, 11) is -1.38. The Bertz CT molecular complexity index is 513. The smallest absolute Gasteiger partial charge is 0.166 e. The van der Waals surface area contributed by atoms with Gasteiger partial charge in [-0.3, -0.25) is 0 Å². The molecule has 0 saturated heterocycles. The zero-order chi connectivity index (χ0) is 11.2. The predicted molar refractivity (Wildman–Crippen MR) is 69.4 cm³/mol. The van der Waals surface area contributed by atoms with Crippen molar-refractivity contribution < 1.29 is 4.42 Å². The molecule has 0 aliphatic carbocycles. The first-order valence-electron chi connectivity index (χ1n) is 4.95. The lowest BCUT2D eigenvalue weighted by Crippen LogP contribution is -2.36. The minimum absolute atomic E-state index is 0.873. The largest absolute Gasteiger partial charge is 0.463 e. The van der Waals surface area contributed by atoms with Crippen LogP contribution in [0.4, 0.5) is 0 Å². The van der Waals surface area contributed by atoms with E-state index in [2.05, 4.69) is 46.6 Å². The minimum atomic E-state index is -1.38. The van der Waals surface area contributed by atoms with Crippen LogP contribution in [0.3, 0.4) is 0 Å². The number of hydrogen-bond donors (Lipinski definition) is 0. The number of furan rings is 1. The van der Waals surface area contributed by atoms with Crippen LogP contribution in [-0.2, 0) is 0 Å². The average molecular weight is 284 g/mol. The van der Waals surface area contributed by atoms with E-state index in [-0.39, 0.29) is 0 Å². The first kappa shape index (κ1) is 10.9. The van der Waals surface area contributed by atoms with Gasteiger partial charge in [-0.2, -0.15) is 0 Å². The molecular formula is C11H14BrNOSi. The third-order valence-electron chi connectivity index (χ3n) is 2.30. The molecule has 0 aliphatic rings. The molecule has 0 N–H and O–H groups in total. The molecule has 0 aromatic carbocycles. The standard InChI is InChI=1S/C11H14BrNOSi/c1-7-5-8(12)11-9(13-7)6-10(14-11)15(2,3)4/h5-6H,1-4H3. The van der Waals surface area contributed by atoms with Gasteiger partial charge < -0.3 is 4.42 Å². The second kappa shape index (κ2) is 3.45.